The van der Waals surface area contributed by atoms with Gasteiger partial charge in [-0.3, -0.25) is 5.10 Å². The fourth-order valence-corrected chi connectivity index (χ4v) is 3.25. The summed E-state index contributed by atoms with van der Waals surface area (Å²) in [5.74, 6) is 2.60. The summed E-state index contributed by atoms with van der Waals surface area (Å²) < 4.78 is 5.91. The van der Waals surface area contributed by atoms with Crippen molar-refractivity contribution in [3.63, 3.8) is 0 Å². The van der Waals surface area contributed by atoms with Crippen LogP contribution in [0.4, 0.5) is 0 Å². The van der Waals surface area contributed by atoms with E-state index < -0.39 is 0 Å². The molecule has 0 aromatic carbocycles. The van der Waals surface area contributed by atoms with Crippen LogP contribution in [-0.4, -0.2) is 41.0 Å². The Morgan fingerprint density at radius 3 is 2.65 bits per heavy atom. The smallest absolute Gasteiger partial charge is 0.153 e. The van der Waals surface area contributed by atoms with Gasteiger partial charge in [0.1, 0.15) is 5.82 Å². The van der Waals surface area contributed by atoms with Gasteiger partial charge in [-0.15, -0.1) is 0 Å². The van der Waals surface area contributed by atoms with Gasteiger partial charge in [0.15, 0.2) is 5.82 Å². The quantitative estimate of drug-likeness (QED) is 0.866. The van der Waals surface area contributed by atoms with Crippen LogP contribution < -0.4 is 5.32 Å². The normalized spacial score (nSPS) is 22.2. The van der Waals surface area contributed by atoms with Gasteiger partial charge in [-0.2, -0.15) is 5.10 Å². The van der Waals surface area contributed by atoms with Crippen molar-refractivity contribution in [2.45, 2.75) is 63.4 Å². The van der Waals surface area contributed by atoms with Crippen molar-refractivity contribution in [1.29, 1.82) is 0 Å². The molecule has 2 heterocycles. The first kappa shape index (κ1) is 14.0. The van der Waals surface area contributed by atoms with E-state index in [1.54, 1.807) is 0 Å². The first-order valence-corrected chi connectivity index (χ1v) is 8.15. The number of nitrogens with zero attached hydrogens (tertiary/aromatic N) is 2. The highest BCUT2D eigenvalue weighted by Gasteiger charge is 2.19. The molecule has 1 saturated heterocycles. The molecule has 0 amide bonds. The summed E-state index contributed by atoms with van der Waals surface area (Å²) >= 11 is 0. The maximum absolute atomic E-state index is 5.91. The van der Waals surface area contributed by atoms with Gasteiger partial charge < -0.3 is 10.1 Å². The number of hydrogen-bond donors (Lipinski definition) is 2. The minimum Gasteiger partial charge on any atom is -0.378 e. The number of H-pyrrole nitrogens is 1. The Balaban J connectivity index is 1.42. The summed E-state index contributed by atoms with van der Waals surface area (Å²) in [7, 11) is 0. The summed E-state index contributed by atoms with van der Waals surface area (Å²) in [6.45, 7) is 2.92. The lowest BCUT2D eigenvalue weighted by Crippen LogP contribution is -2.32. The molecule has 0 atom stereocenters. The Bertz CT molecular complexity index is 394. The molecular weight excluding hydrogens is 252 g/mol. The van der Waals surface area contributed by atoms with Gasteiger partial charge in [0, 0.05) is 12.3 Å². The highest BCUT2D eigenvalue weighted by atomic mass is 16.5. The molecule has 1 saturated carbocycles. The second-order valence-corrected chi connectivity index (χ2v) is 6.05. The Labute approximate surface area is 120 Å². The average Bonchev–Trinajstić information content (AvgIpc) is 2.98. The molecule has 5 nitrogen and oxygen atoms in total. The van der Waals surface area contributed by atoms with Crippen molar-refractivity contribution in [2.24, 2.45) is 0 Å². The van der Waals surface area contributed by atoms with E-state index in [1.165, 1.54) is 32.1 Å². The van der Waals surface area contributed by atoms with Crippen molar-refractivity contribution in [3.8, 4) is 0 Å². The van der Waals surface area contributed by atoms with Gasteiger partial charge in [0.25, 0.3) is 0 Å². The van der Waals surface area contributed by atoms with Crippen LogP contribution >= 0.6 is 0 Å². The van der Waals surface area contributed by atoms with Crippen molar-refractivity contribution in [1.82, 2.24) is 20.5 Å². The molecule has 2 N–H and O–H groups in total. The number of hydrogen-bond acceptors (Lipinski definition) is 4. The molecule has 0 unspecified atom stereocenters. The number of aromatic amines is 1. The van der Waals surface area contributed by atoms with E-state index in [4.69, 9.17) is 4.74 Å². The summed E-state index contributed by atoms with van der Waals surface area (Å²) in [4.78, 5) is 4.66. The fraction of sp³-hybridized carbons (Fsp3) is 0.867. The van der Waals surface area contributed by atoms with Crippen LogP contribution in [0, 0.1) is 0 Å². The van der Waals surface area contributed by atoms with Crippen LogP contribution in [0.25, 0.3) is 0 Å². The molecule has 1 aromatic heterocycles. The van der Waals surface area contributed by atoms with E-state index in [0.717, 1.165) is 50.6 Å². The minimum atomic E-state index is 0.428. The summed E-state index contributed by atoms with van der Waals surface area (Å²) in [5, 5.41) is 10.8. The Morgan fingerprint density at radius 1 is 1.05 bits per heavy atom. The molecule has 0 spiro atoms. The van der Waals surface area contributed by atoms with Gasteiger partial charge in [-0.25, -0.2) is 4.98 Å². The predicted molar refractivity (Wildman–Crippen MR) is 77.8 cm³/mol. The van der Waals surface area contributed by atoms with Gasteiger partial charge in [-0.1, -0.05) is 19.3 Å². The molecular formula is C15H26N4O. The number of aromatic nitrogens is 3. The topological polar surface area (TPSA) is 62.8 Å². The molecule has 20 heavy (non-hydrogen) atoms. The van der Waals surface area contributed by atoms with Crippen LogP contribution in [0.2, 0.25) is 0 Å². The molecule has 0 radical (unpaired) electrons. The molecule has 2 fully saturated rings. The first-order chi connectivity index (χ1) is 9.92. The zero-order valence-electron chi connectivity index (χ0n) is 12.2. The maximum Gasteiger partial charge on any atom is 0.153 e. The predicted octanol–water partition coefficient (Wildman–Crippen LogP) is 2.16. The summed E-state index contributed by atoms with van der Waals surface area (Å²) in [6, 6.07) is 0. The highest BCUT2D eigenvalue weighted by molar-refractivity contribution is 4.99. The molecule has 1 aromatic rings. The van der Waals surface area contributed by atoms with E-state index in [2.05, 4.69) is 20.5 Å². The first-order valence-electron chi connectivity index (χ1n) is 8.15. The summed E-state index contributed by atoms with van der Waals surface area (Å²) in [5.41, 5.74) is 0. The van der Waals surface area contributed by atoms with Crippen LogP contribution in [0.5, 0.6) is 0 Å². The van der Waals surface area contributed by atoms with E-state index in [0.29, 0.717) is 12.0 Å². The van der Waals surface area contributed by atoms with Crippen molar-refractivity contribution >= 4 is 0 Å². The number of rotatable bonds is 5. The number of nitrogens with one attached hydrogen (secondary N) is 2. The molecule has 1 aliphatic heterocycles. The highest BCUT2D eigenvalue weighted by Crippen LogP contribution is 2.30. The van der Waals surface area contributed by atoms with E-state index in [-0.39, 0.29) is 0 Å². The SMILES string of the molecule is C1CCC(c2n[nH]c(CCOC3CCNCC3)n2)CC1. The van der Waals surface area contributed by atoms with Crippen LogP contribution in [0.3, 0.4) is 0 Å². The van der Waals surface area contributed by atoms with E-state index in [1.807, 2.05) is 0 Å². The van der Waals surface area contributed by atoms with E-state index in [9.17, 15) is 0 Å². The van der Waals surface area contributed by atoms with Gasteiger partial charge in [0.2, 0.25) is 0 Å². The van der Waals surface area contributed by atoms with Crippen LogP contribution in [0.1, 0.15) is 62.5 Å². The maximum atomic E-state index is 5.91. The largest absolute Gasteiger partial charge is 0.378 e. The van der Waals surface area contributed by atoms with Crippen LogP contribution in [0.15, 0.2) is 0 Å². The lowest BCUT2D eigenvalue weighted by molar-refractivity contribution is 0.0342. The number of piperidine rings is 1. The third kappa shape index (κ3) is 3.79. The van der Waals surface area contributed by atoms with Crippen molar-refractivity contribution in [3.05, 3.63) is 11.6 Å². The molecule has 5 heteroatoms. The zero-order chi connectivity index (χ0) is 13.6. The van der Waals surface area contributed by atoms with E-state index >= 15 is 0 Å². The van der Waals surface area contributed by atoms with Crippen LogP contribution in [-0.2, 0) is 11.2 Å². The minimum absolute atomic E-state index is 0.428. The Kier molecular flexibility index (Phi) is 5.03. The molecule has 3 rings (SSSR count). The van der Waals surface area contributed by atoms with Crippen molar-refractivity contribution < 1.29 is 4.74 Å². The Hall–Kier alpha value is -0.940. The second-order valence-electron chi connectivity index (χ2n) is 6.05. The van der Waals surface area contributed by atoms with Gasteiger partial charge in [0.05, 0.1) is 12.7 Å². The number of ether oxygens (including phenoxy) is 1. The lowest BCUT2D eigenvalue weighted by atomic mass is 9.89. The fourth-order valence-electron chi connectivity index (χ4n) is 3.25. The van der Waals surface area contributed by atoms with Gasteiger partial charge >= 0.3 is 0 Å². The molecule has 2 aliphatic rings. The third-order valence-electron chi connectivity index (χ3n) is 4.50. The zero-order valence-corrected chi connectivity index (χ0v) is 12.2. The standard InChI is InChI=1S/C15H26N4O/c1-2-4-12(5-3-1)15-17-14(18-19-15)8-11-20-13-6-9-16-10-7-13/h12-13,16H,1-11H2,(H,17,18,19). The summed E-state index contributed by atoms with van der Waals surface area (Å²) in [6.07, 6.45) is 10.1. The Morgan fingerprint density at radius 2 is 1.85 bits per heavy atom. The molecule has 0 bridgehead atoms. The third-order valence-corrected chi connectivity index (χ3v) is 4.50. The lowest BCUT2D eigenvalue weighted by Gasteiger charge is -2.22. The van der Waals surface area contributed by atoms with Gasteiger partial charge in [-0.05, 0) is 38.8 Å². The molecule has 112 valence electrons. The second kappa shape index (κ2) is 7.18. The molecule has 1 aliphatic carbocycles. The van der Waals surface area contributed by atoms with Crippen molar-refractivity contribution in [2.75, 3.05) is 19.7 Å². The monoisotopic (exact) mass is 278 g/mol. The average molecular weight is 278 g/mol.